The number of fused-ring (bicyclic) bond motifs is 1. The van der Waals surface area contributed by atoms with Crippen LogP contribution in [0.4, 0.5) is 17.3 Å². The molecule has 0 saturated heterocycles. The molecule has 0 aliphatic carbocycles. The first-order valence-electron chi connectivity index (χ1n) is 9.07. The predicted molar refractivity (Wildman–Crippen MR) is 113 cm³/mol. The zero-order valence-electron chi connectivity index (χ0n) is 16.0. The second-order valence-corrected chi connectivity index (χ2v) is 6.29. The number of nitrogens with zero attached hydrogens (tertiary/aromatic N) is 3. The lowest BCUT2D eigenvalue weighted by molar-refractivity contribution is 0.0601. The Morgan fingerprint density at radius 1 is 0.867 bits per heavy atom. The molecule has 148 valence electrons. The first-order chi connectivity index (χ1) is 14.7. The van der Waals surface area contributed by atoms with Gasteiger partial charge in [0, 0.05) is 24.0 Å². The van der Waals surface area contributed by atoms with E-state index in [1.165, 1.54) is 19.5 Å². The van der Waals surface area contributed by atoms with E-state index in [-0.39, 0.29) is 17.4 Å². The lowest BCUT2D eigenvalue weighted by Gasteiger charge is -2.10. The maximum Gasteiger partial charge on any atom is 0.339 e. The average Bonchev–Trinajstić information content (AvgIpc) is 2.79. The van der Waals surface area contributed by atoms with Gasteiger partial charge in [0.2, 0.25) is 5.95 Å². The summed E-state index contributed by atoms with van der Waals surface area (Å²) in [7, 11) is 1.31. The minimum absolute atomic E-state index is 0.245. The summed E-state index contributed by atoms with van der Waals surface area (Å²) in [6.07, 6.45) is 4.49. The highest BCUT2D eigenvalue weighted by molar-refractivity contribution is 6.08. The van der Waals surface area contributed by atoms with E-state index in [0.717, 1.165) is 5.39 Å². The highest BCUT2D eigenvalue weighted by atomic mass is 16.5. The van der Waals surface area contributed by atoms with Gasteiger partial charge >= 0.3 is 5.97 Å². The number of rotatable bonds is 5. The van der Waals surface area contributed by atoms with E-state index in [1.54, 1.807) is 36.5 Å². The zero-order chi connectivity index (χ0) is 20.9. The van der Waals surface area contributed by atoms with Crippen molar-refractivity contribution >= 4 is 40.1 Å². The van der Waals surface area contributed by atoms with Gasteiger partial charge in [0.1, 0.15) is 0 Å². The number of hydrogen-bond acceptors (Lipinski definition) is 7. The van der Waals surface area contributed by atoms with E-state index in [2.05, 4.69) is 25.6 Å². The summed E-state index contributed by atoms with van der Waals surface area (Å²) in [4.78, 5) is 37.2. The van der Waals surface area contributed by atoms with Gasteiger partial charge in [-0.05, 0) is 24.3 Å². The lowest BCUT2D eigenvalue weighted by atomic mass is 10.2. The number of hydrogen-bond donors (Lipinski definition) is 2. The molecule has 0 aliphatic rings. The largest absolute Gasteiger partial charge is 0.465 e. The van der Waals surface area contributed by atoms with Crippen LogP contribution in [0, 0.1) is 0 Å². The van der Waals surface area contributed by atoms with E-state index in [0.29, 0.717) is 22.5 Å². The smallest absolute Gasteiger partial charge is 0.339 e. The maximum atomic E-state index is 12.6. The molecule has 8 heteroatoms. The summed E-state index contributed by atoms with van der Waals surface area (Å²) in [5.41, 5.74) is 2.45. The summed E-state index contributed by atoms with van der Waals surface area (Å²) >= 11 is 0. The van der Waals surface area contributed by atoms with Gasteiger partial charge in [-0.15, -0.1) is 0 Å². The molecule has 0 bridgehead atoms. The Balaban J connectivity index is 1.51. The highest BCUT2D eigenvalue weighted by Crippen LogP contribution is 2.22. The van der Waals surface area contributed by atoms with E-state index in [4.69, 9.17) is 4.74 Å². The molecule has 2 N–H and O–H groups in total. The average molecular weight is 399 g/mol. The molecule has 2 aromatic heterocycles. The Labute approximate surface area is 172 Å². The standard InChI is InChI=1S/C22H17N5O3/c1-30-21(29)16-8-2-3-9-17(16)27-22-24-12-15(13-25-22)20(28)26-18-10-4-6-14-7-5-11-23-19(14)18/h2-13H,1H3,(H,26,28)(H,24,25,27). The third kappa shape index (κ3) is 3.93. The molecule has 4 rings (SSSR count). The number of aromatic nitrogens is 3. The monoisotopic (exact) mass is 399 g/mol. The number of amides is 1. The van der Waals surface area contributed by atoms with Gasteiger partial charge in [0.15, 0.2) is 0 Å². The fraction of sp³-hybridized carbons (Fsp3) is 0.0455. The number of nitrogens with one attached hydrogen (secondary N) is 2. The molecule has 2 heterocycles. The first kappa shape index (κ1) is 19.0. The third-order valence-electron chi connectivity index (χ3n) is 4.37. The summed E-state index contributed by atoms with van der Waals surface area (Å²) in [5.74, 6) is -0.581. The Morgan fingerprint density at radius 2 is 1.60 bits per heavy atom. The van der Waals surface area contributed by atoms with Crippen molar-refractivity contribution in [3.8, 4) is 0 Å². The van der Waals surface area contributed by atoms with Crippen molar-refractivity contribution in [3.63, 3.8) is 0 Å². The predicted octanol–water partition coefficient (Wildman–Crippen LogP) is 3.81. The van der Waals surface area contributed by atoms with Crippen LogP contribution in [0.15, 0.2) is 73.2 Å². The van der Waals surface area contributed by atoms with Crippen LogP contribution in [-0.4, -0.2) is 33.9 Å². The second kappa shape index (κ2) is 8.36. The van der Waals surface area contributed by atoms with Crippen LogP contribution >= 0.6 is 0 Å². The van der Waals surface area contributed by atoms with E-state index >= 15 is 0 Å². The Kier molecular flexibility index (Phi) is 5.29. The summed E-state index contributed by atoms with van der Waals surface area (Å²) in [6.45, 7) is 0. The normalized spacial score (nSPS) is 10.4. The number of pyridine rings is 1. The van der Waals surface area contributed by atoms with Gasteiger partial charge in [-0.25, -0.2) is 14.8 Å². The summed E-state index contributed by atoms with van der Waals surface area (Å²) in [5, 5.41) is 6.73. The van der Waals surface area contributed by atoms with Crippen LogP contribution < -0.4 is 10.6 Å². The third-order valence-corrected chi connectivity index (χ3v) is 4.37. The van der Waals surface area contributed by atoms with Gasteiger partial charge < -0.3 is 15.4 Å². The number of para-hydroxylation sites is 2. The molecule has 30 heavy (non-hydrogen) atoms. The van der Waals surface area contributed by atoms with Gasteiger partial charge in [-0.3, -0.25) is 9.78 Å². The Bertz CT molecular complexity index is 1220. The van der Waals surface area contributed by atoms with Crippen molar-refractivity contribution in [1.82, 2.24) is 15.0 Å². The highest BCUT2D eigenvalue weighted by Gasteiger charge is 2.13. The van der Waals surface area contributed by atoms with Crippen molar-refractivity contribution in [1.29, 1.82) is 0 Å². The van der Waals surface area contributed by atoms with Crippen LogP contribution in [0.2, 0.25) is 0 Å². The van der Waals surface area contributed by atoms with Crippen molar-refractivity contribution in [2.24, 2.45) is 0 Å². The maximum absolute atomic E-state index is 12.6. The molecule has 0 atom stereocenters. The number of carbonyl (C=O) groups is 2. The van der Waals surface area contributed by atoms with Crippen molar-refractivity contribution < 1.29 is 14.3 Å². The fourth-order valence-electron chi connectivity index (χ4n) is 2.91. The molecule has 2 aromatic carbocycles. The lowest BCUT2D eigenvalue weighted by Crippen LogP contribution is -2.14. The fourth-order valence-corrected chi connectivity index (χ4v) is 2.91. The molecule has 8 nitrogen and oxygen atoms in total. The number of ether oxygens (including phenoxy) is 1. The molecule has 4 aromatic rings. The van der Waals surface area contributed by atoms with Crippen LogP contribution in [0.3, 0.4) is 0 Å². The van der Waals surface area contributed by atoms with E-state index in [1.807, 2.05) is 24.3 Å². The molecule has 0 unspecified atom stereocenters. The van der Waals surface area contributed by atoms with Gasteiger partial charge in [0.05, 0.1) is 35.1 Å². The number of esters is 1. The quantitative estimate of drug-likeness (QED) is 0.492. The number of anilines is 3. The topological polar surface area (TPSA) is 106 Å². The molecular weight excluding hydrogens is 382 g/mol. The minimum Gasteiger partial charge on any atom is -0.465 e. The number of benzene rings is 2. The summed E-state index contributed by atoms with van der Waals surface area (Å²) in [6, 6.07) is 16.2. The van der Waals surface area contributed by atoms with Crippen LogP contribution in [-0.2, 0) is 4.74 Å². The molecule has 1 amide bonds. The second-order valence-electron chi connectivity index (χ2n) is 6.29. The SMILES string of the molecule is COC(=O)c1ccccc1Nc1ncc(C(=O)Nc2cccc3cccnc23)cn1. The van der Waals surface area contributed by atoms with Crippen molar-refractivity contribution in [3.05, 3.63) is 84.3 Å². The van der Waals surface area contributed by atoms with Crippen molar-refractivity contribution in [2.45, 2.75) is 0 Å². The van der Waals surface area contributed by atoms with Crippen LogP contribution in [0.1, 0.15) is 20.7 Å². The number of carbonyl (C=O) groups excluding carboxylic acids is 2. The van der Waals surface area contributed by atoms with E-state index < -0.39 is 5.97 Å². The van der Waals surface area contributed by atoms with Crippen molar-refractivity contribution in [2.75, 3.05) is 17.7 Å². The minimum atomic E-state index is -0.474. The molecule has 0 saturated carbocycles. The van der Waals surface area contributed by atoms with Gasteiger partial charge in [-0.2, -0.15) is 0 Å². The Morgan fingerprint density at radius 3 is 2.40 bits per heavy atom. The molecule has 0 fully saturated rings. The van der Waals surface area contributed by atoms with Crippen LogP contribution in [0.25, 0.3) is 10.9 Å². The van der Waals surface area contributed by atoms with Crippen LogP contribution in [0.5, 0.6) is 0 Å². The molecule has 0 radical (unpaired) electrons. The van der Waals surface area contributed by atoms with Gasteiger partial charge in [-0.1, -0.05) is 30.3 Å². The molecule has 0 aliphatic heterocycles. The molecule has 0 spiro atoms. The number of methoxy groups -OCH3 is 1. The Hall–Kier alpha value is -4.33. The molecular formula is C22H17N5O3. The first-order valence-corrected chi connectivity index (χ1v) is 9.07. The zero-order valence-corrected chi connectivity index (χ0v) is 16.0. The summed E-state index contributed by atoms with van der Waals surface area (Å²) < 4.78 is 4.77. The van der Waals surface area contributed by atoms with Gasteiger partial charge in [0.25, 0.3) is 5.91 Å². The van der Waals surface area contributed by atoms with E-state index in [9.17, 15) is 9.59 Å².